The molecular formula is C14H20F3N. The van der Waals surface area contributed by atoms with Gasteiger partial charge in [-0.05, 0) is 18.8 Å². The molecule has 102 valence electrons. The fourth-order valence-corrected chi connectivity index (χ4v) is 2.35. The molecule has 0 heterocycles. The predicted octanol–water partition coefficient (Wildman–Crippen LogP) is 4.32. The van der Waals surface area contributed by atoms with Crippen molar-refractivity contribution in [3.63, 3.8) is 0 Å². The van der Waals surface area contributed by atoms with Crippen molar-refractivity contribution >= 4 is 0 Å². The third-order valence-corrected chi connectivity index (χ3v) is 3.20. The van der Waals surface area contributed by atoms with Gasteiger partial charge in [-0.15, -0.1) is 0 Å². The van der Waals surface area contributed by atoms with Gasteiger partial charge in [0.2, 0.25) is 0 Å². The summed E-state index contributed by atoms with van der Waals surface area (Å²) in [6.45, 7) is 4.01. The van der Waals surface area contributed by atoms with E-state index in [-0.39, 0.29) is 11.5 Å². The highest BCUT2D eigenvalue weighted by atomic mass is 19.1. The highest BCUT2D eigenvalue weighted by Gasteiger charge is 2.24. The van der Waals surface area contributed by atoms with Gasteiger partial charge >= 0.3 is 0 Å². The lowest BCUT2D eigenvalue weighted by Gasteiger charge is -2.24. The molecule has 0 amide bonds. The van der Waals surface area contributed by atoms with E-state index in [9.17, 15) is 13.2 Å². The van der Waals surface area contributed by atoms with E-state index in [2.05, 4.69) is 0 Å². The summed E-state index contributed by atoms with van der Waals surface area (Å²) in [5.41, 5.74) is 5.77. The number of nitrogens with two attached hydrogens (primary N) is 1. The quantitative estimate of drug-likeness (QED) is 0.809. The van der Waals surface area contributed by atoms with Crippen LogP contribution in [-0.4, -0.2) is 0 Å². The van der Waals surface area contributed by atoms with Gasteiger partial charge in [0.1, 0.15) is 17.5 Å². The van der Waals surface area contributed by atoms with Gasteiger partial charge in [0.25, 0.3) is 0 Å². The summed E-state index contributed by atoms with van der Waals surface area (Å²) >= 11 is 0. The highest BCUT2D eigenvalue weighted by molar-refractivity contribution is 5.24. The van der Waals surface area contributed by atoms with E-state index < -0.39 is 23.5 Å². The van der Waals surface area contributed by atoms with Crippen LogP contribution < -0.4 is 5.73 Å². The summed E-state index contributed by atoms with van der Waals surface area (Å²) in [4.78, 5) is 0. The summed E-state index contributed by atoms with van der Waals surface area (Å²) in [5, 5.41) is 0. The summed E-state index contributed by atoms with van der Waals surface area (Å²) in [6, 6.07) is 0.658. The van der Waals surface area contributed by atoms with Crippen LogP contribution in [-0.2, 0) is 0 Å². The Morgan fingerprint density at radius 2 is 1.44 bits per heavy atom. The number of benzene rings is 1. The lowest BCUT2D eigenvalue weighted by Crippen LogP contribution is -2.24. The Balaban J connectivity index is 3.03. The topological polar surface area (TPSA) is 26.0 Å². The zero-order valence-corrected chi connectivity index (χ0v) is 10.8. The molecule has 0 saturated carbocycles. The molecule has 0 aliphatic heterocycles. The molecule has 0 spiro atoms. The maximum absolute atomic E-state index is 13.6. The normalized spacial score (nSPS) is 13.1. The molecule has 1 aromatic carbocycles. The molecule has 0 aliphatic rings. The van der Waals surface area contributed by atoms with Crippen LogP contribution in [0.1, 0.15) is 51.1 Å². The first-order chi connectivity index (χ1) is 8.51. The van der Waals surface area contributed by atoms with Gasteiger partial charge in [0.15, 0.2) is 0 Å². The van der Waals surface area contributed by atoms with Crippen molar-refractivity contribution in [1.82, 2.24) is 0 Å². The largest absolute Gasteiger partial charge is 0.324 e. The fourth-order valence-electron chi connectivity index (χ4n) is 2.35. The van der Waals surface area contributed by atoms with Crippen molar-refractivity contribution in [2.24, 2.45) is 11.7 Å². The first kappa shape index (κ1) is 15.0. The van der Waals surface area contributed by atoms with Crippen molar-refractivity contribution in [3.8, 4) is 0 Å². The summed E-state index contributed by atoms with van der Waals surface area (Å²) < 4.78 is 40.1. The van der Waals surface area contributed by atoms with Crippen molar-refractivity contribution < 1.29 is 13.2 Å². The van der Waals surface area contributed by atoms with E-state index in [4.69, 9.17) is 5.73 Å². The average molecular weight is 259 g/mol. The fraction of sp³-hybridized carbons (Fsp3) is 0.571. The molecule has 1 atom stereocenters. The molecule has 0 aromatic heterocycles. The summed E-state index contributed by atoms with van der Waals surface area (Å²) in [6.07, 6.45) is 3.43. The van der Waals surface area contributed by atoms with Crippen molar-refractivity contribution in [3.05, 3.63) is 35.1 Å². The molecule has 0 bridgehead atoms. The van der Waals surface area contributed by atoms with E-state index in [1.807, 2.05) is 13.8 Å². The monoisotopic (exact) mass is 259 g/mol. The molecular weight excluding hydrogens is 239 g/mol. The standard InChI is InChI=1S/C14H20F3N/c1-3-5-9(6-4-2)14(18)13-11(16)7-10(15)8-12(13)17/h7-9,14H,3-6,18H2,1-2H3. The second kappa shape index (κ2) is 6.78. The minimum absolute atomic E-state index is 0.0226. The zero-order chi connectivity index (χ0) is 13.7. The van der Waals surface area contributed by atoms with Crippen LogP contribution in [0.4, 0.5) is 13.2 Å². The van der Waals surface area contributed by atoms with Crippen LogP contribution in [0, 0.1) is 23.4 Å². The minimum atomic E-state index is -0.913. The number of hydrogen-bond acceptors (Lipinski definition) is 1. The average Bonchev–Trinajstić information content (AvgIpc) is 2.27. The third kappa shape index (κ3) is 3.48. The highest BCUT2D eigenvalue weighted by Crippen LogP contribution is 2.31. The van der Waals surface area contributed by atoms with Crippen LogP contribution >= 0.6 is 0 Å². The van der Waals surface area contributed by atoms with E-state index in [0.717, 1.165) is 25.7 Å². The van der Waals surface area contributed by atoms with E-state index in [1.54, 1.807) is 0 Å². The molecule has 1 unspecified atom stereocenters. The molecule has 2 N–H and O–H groups in total. The van der Waals surface area contributed by atoms with Gasteiger partial charge in [0, 0.05) is 23.7 Å². The lowest BCUT2D eigenvalue weighted by atomic mass is 9.86. The van der Waals surface area contributed by atoms with Crippen LogP contribution in [0.25, 0.3) is 0 Å². The Labute approximate surface area is 106 Å². The van der Waals surface area contributed by atoms with Crippen molar-refractivity contribution in [1.29, 1.82) is 0 Å². The SMILES string of the molecule is CCCC(CCC)C(N)c1c(F)cc(F)cc1F. The predicted molar refractivity (Wildman–Crippen MR) is 66.6 cm³/mol. The molecule has 4 heteroatoms. The number of hydrogen-bond donors (Lipinski definition) is 1. The van der Waals surface area contributed by atoms with Gasteiger partial charge < -0.3 is 5.73 Å². The second-order valence-electron chi connectivity index (χ2n) is 4.65. The maximum Gasteiger partial charge on any atom is 0.133 e. The van der Waals surface area contributed by atoms with Crippen LogP contribution in [0.3, 0.4) is 0 Å². The molecule has 1 rings (SSSR count). The van der Waals surface area contributed by atoms with Gasteiger partial charge in [0.05, 0.1) is 0 Å². The van der Waals surface area contributed by atoms with Crippen molar-refractivity contribution in [2.75, 3.05) is 0 Å². The molecule has 1 aromatic rings. The van der Waals surface area contributed by atoms with Gasteiger partial charge in [-0.2, -0.15) is 0 Å². The Hall–Kier alpha value is -1.03. The first-order valence-corrected chi connectivity index (χ1v) is 6.41. The van der Waals surface area contributed by atoms with E-state index in [0.29, 0.717) is 12.1 Å². The van der Waals surface area contributed by atoms with Gasteiger partial charge in [-0.25, -0.2) is 13.2 Å². The first-order valence-electron chi connectivity index (χ1n) is 6.41. The van der Waals surface area contributed by atoms with E-state index in [1.165, 1.54) is 0 Å². The second-order valence-corrected chi connectivity index (χ2v) is 4.65. The van der Waals surface area contributed by atoms with Gasteiger partial charge in [-0.1, -0.05) is 26.7 Å². The lowest BCUT2D eigenvalue weighted by molar-refractivity contribution is 0.349. The molecule has 1 nitrogen and oxygen atoms in total. The van der Waals surface area contributed by atoms with Crippen LogP contribution in [0.15, 0.2) is 12.1 Å². The molecule has 18 heavy (non-hydrogen) atoms. The van der Waals surface area contributed by atoms with Crippen LogP contribution in [0.2, 0.25) is 0 Å². The molecule has 0 saturated heterocycles. The van der Waals surface area contributed by atoms with Crippen molar-refractivity contribution in [2.45, 2.75) is 45.6 Å². The summed E-state index contributed by atoms with van der Waals surface area (Å²) in [5.74, 6) is -2.67. The Morgan fingerprint density at radius 3 is 1.83 bits per heavy atom. The Kier molecular flexibility index (Phi) is 5.66. The summed E-state index contributed by atoms with van der Waals surface area (Å²) in [7, 11) is 0. The number of rotatable bonds is 6. The minimum Gasteiger partial charge on any atom is -0.324 e. The maximum atomic E-state index is 13.6. The Bertz CT molecular complexity index is 364. The Morgan fingerprint density at radius 1 is 1.00 bits per heavy atom. The van der Waals surface area contributed by atoms with Crippen LogP contribution in [0.5, 0.6) is 0 Å². The molecule has 0 aliphatic carbocycles. The van der Waals surface area contributed by atoms with E-state index >= 15 is 0 Å². The van der Waals surface area contributed by atoms with Gasteiger partial charge in [-0.3, -0.25) is 0 Å². The third-order valence-electron chi connectivity index (χ3n) is 3.20. The smallest absolute Gasteiger partial charge is 0.133 e. The number of halogens is 3. The zero-order valence-electron chi connectivity index (χ0n) is 10.8. The molecule has 0 radical (unpaired) electrons. The molecule has 0 fully saturated rings.